The molecule has 0 fully saturated rings. The number of primary amides is 1. The van der Waals surface area contributed by atoms with Crippen LogP contribution in [0.25, 0.3) is 0 Å². The Labute approximate surface area is 121 Å². The van der Waals surface area contributed by atoms with E-state index in [1.807, 2.05) is 12.1 Å². The normalized spacial score (nSPS) is 10.4. The minimum atomic E-state index is -0.645. The van der Waals surface area contributed by atoms with Crippen LogP contribution < -0.4 is 15.8 Å². The van der Waals surface area contributed by atoms with E-state index in [1.165, 1.54) is 6.07 Å². The first-order valence-electron chi connectivity index (χ1n) is 6.38. The Kier molecular flexibility index (Phi) is 4.84. The second kappa shape index (κ2) is 6.81. The van der Waals surface area contributed by atoms with Crippen LogP contribution in [0.3, 0.4) is 0 Å². The molecule has 0 saturated carbocycles. The number of ether oxygens (including phenoxy) is 1. The first kappa shape index (κ1) is 14.9. The summed E-state index contributed by atoms with van der Waals surface area (Å²) in [4.78, 5) is 15.0. The lowest BCUT2D eigenvalue weighted by atomic mass is 10.1. The monoisotopic (exact) mass is 289 g/mol. The fourth-order valence-corrected chi connectivity index (χ4v) is 1.92. The molecule has 2 aromatic rings. The van der Waals surface area contributed by atoms with Crippen molar-refractivity contribution >= 4 is 5.91 Å². The number of amides is 1. The van der Waals surface area contributed by atoms with Crippen molar-refractivity contribution in [2.75, 3.05) is 7.11 Å². The maximum atomic E-state index is 13.8. The SMILES string of the molecule is COc1ncccc1CNCc1ccc(C(N)=O)cc1F. The Morgan fingerprint density at radius 2 is 2.10 bits per heavy atom. The third-order valence-corrected chi connectivity index (χ3v) is 3.01. The number of carbonyl (C=O) groups is 1. The van der Waals surface area contributed by atoms with Gasteiger partial charge in [-0.2, -0.15) is 0 Å². The van der Waals surface area contributed by atoms with E-state index in [2.05, 4.69) is 10.3 Å². The van der Waals surface area contributed by atoms with Crippen LogP contribution in [0.2, 0.25) is 0 Å². The number of halogens is 1. The van der Waals surface area contributed by atoms with Crippen molar-refractivity contribution in [2.24, 2.45) is 5.73 Å². The molecule has 6 heteroatoms. The smallest absolute Gasteiger partial charge is 0.248 e. The van der Waals surface area contributed by atoms with Crippen LogP contribution in [0.5, 0.6) is 5.88 Å². The third kappa shape index (κ3) is 3.76. The number of hydrogen-bond donors (Lipinski definition) is 2. The highest BCUT2D eigenvalue weighted by Gasteiger charge is 2.08. The standard InChI is InChI=1S/C15H16FN3O2/c1-21-15-12(3-2-6-19-15)9-18-8-11-5-4-10(14(17)20)7-13(11)16/h2-7,18H,8-9H2,1H3,(H2,17,20). The van der Waals surface area contributed by atoms with Crippen molar-refractivity contribution in [3.63, 3.8) is 0 Å². The van der Waals surface area contributed by atoms with Gasteiger partial charge in [0.2, 0.25) is 11.8 Å². The van der Waals surface area contributed by atoms with Gasteiger partial charge in [-0.3, -0.25) is 4.79 Å². The maximum absolute atomic E-state index is 13.8. The van der Waals surface area contributed by atoms with Crippen LogP contribution in [-0.4, -0.2) is 18.0 Å². The average molecular weight is 289 g/mol. The number of nitrogens with two attached hydrogens (primary N) is 1. The number of nitrogens with one attached hydrogen (secondary N) is 1. The van der Waals surface area contributed by atoms with E-state index >= 15 is 0 Å². The lowest BCUT2D eigenvalue weighted by Gasteiger charge is -2.09. The molecule has 0 atom stereocenters. The molecule has 0 radical (unpaired) electrons. The summed E-state index contributed by atoms with van der Waals surface area (Å²) in [6, 6.07) is 7.88. The zero-order valence-electron chi connectivity index (χ0n) is 11.6. The summed E-state index contributed by atoms with van der Waals surface area (Å²) in [5.74, 6) is -0.569. The predicted molar refractivity (Wildman–Crippen MR) is 76.3 cm³/mol. The number of rotatable bonds is 6. The fourth-order valence-electron chi connectivity index (χ4n) is 1.92. The first-order chi connectivity index (χ1) is 10.1. The van der Waals surface area contributed by atoms with Gasteiger partial charge in [0.25, 0.3) is 0 Å². The molecule has 0 saturated heterocycles. The molecule has 0 unspecified atom stereocenters. The molecule has 1 aromatic carbocycles. The number of benzene rings is 1. The van der Waals surface area contributed by atoms with E-state index in [9.17, 15) is 9.18 Å². The number of aromatic nitrogens is 1. The molecule has 0 aliphatic rings. The Morgan fingerprint density at radius 1 is 1.33 bits per heavy atom. The van der Waals surface area contributed by atoms with Crippen molar-refractivity contribution in [3.05, 3.63) is 59.0 Å². The van der Waals surface area contributed by atoms with E-state index in [1.54, 1.807) is 19.4 Å². The predicted octanol–water partition coefficient (Wildman–Crippen LogP) is 1.62. The maximum Gasteiger partial charge on any atom is 0.248 e. The summed E-state index contributed by atoms with van der Waals surface area (Å²) >= 11 is 0. The highest BCUT2D eigenvalue weighted by molar-refractivity contribution is 5.92. The molecule has 0 aliphatic carbocycles. The van der Waals surface area contributed by atoms with Crippen LogP contribution in [0.15, 0.2) is 36.5 Å². The van der Waals surface area contributed by atoms with E-state index in [4.69, 9.17) is 10.5 Å². The van der Waals surface area contributed by atoms with Gasteiger partial charge in [-0.25, -0.2) is 9.37 Å². The molecule has 110 valence electrons. The largest absolute Gasteiger partial charge is 0.481 e. The molecule has 5 nitrogen and oxygen atoms in total. The third-order valence-electron chi connectivity index (χ3n) is 3.01. The van der Waals surface area contributed by atoms with Gasteiger partial charge in [0, 0.05) is 36.0 Å². The van der Waals surface area contributed by atoms with Crippen LogP contribution >= 0.6 is 0 Å². The summed E-state index contributed by atoms with van der Waals surface area (Å²) in [5, 5.41) is 3.11. The molecular weight excluding hydrogens is 273 g/mol. The zero-order valence-corrected chi connectivity index (χ0v) is 11.6. The zero-order chi connectivity index (χ0) is 15.2. The second-order valence-corrected chi connectivity index (χ2v) is 4.45. The first-order valence-corrected chi connectivity index (χ1v) is 6.38. The summed E-state index contributed by atoms with van der Waals surface area (Å²) < 4.78 is 18.9. The molecule has 21 heavy (non-hydrogen) atoms. The number of carbonyl (C=O) groups excluding carboxylic acids is 1. The van der Waals surface area contributed by atoms with Gasteiger partial charge in [0.15, 0.2) is 0 Å². The summed E-state index contributed by atoms with van der Waals surface area (Å²) in [6.07, 6.45) is 1.64. The van der Waals surface area contributed by atoms with E-state index in [0.29, 0.717) is 24.5 Å². The van der Waals surface area contributed by atoms with Gasteiger partial charge in [0.05, 0.1) is 7.11 Å². The topological polar surface area (TPSA) is 77.2 Å². The molecule has 0 spiro atoms. The number of nitrogens with zero attached hydrogens (tertiary/aromatic N) is 1. The molecular formula is C15H16FN3O2. The van der Waals surface area contributed by atoms with Crippen molar-refractivity contribution < 1.29 is 13.9 Å². The fraction of sp³-hybridized carbons (Fsp3) is 0.200. The van der Waals surface area contributed by atoms with Crippen molar-refractivity contribution in [1.29, 1.82) is 0 Å². The Hall–Kier alpha value is -2.47. The number of methoxy groups -OCH3 is 1. The van der Waals surface area contributed by atoms with Crippen molar-refractivity contribution in [1.82, 2.24) is 10.3 Å². The van der Waals surface area contributed by atoms with Gasteiger partial charge in [-0.05, 0) is 18.2 Å². The van der Waals surface area contributed by atoms with E-state index in [0.717, 1.165) is 11.6 Å². The van der Waals surface area contributed by atoms with Crippen LogP contribution in [0, 0.1) is 5.82 Å². The van der Waals surface area contributed by atoms with Gasteiger partial charge in [-0.15, -0.1) is 0 Å². The van der Waals surface area contributed by atoms with Gasteiger partial charge >= 0.3 is 0 Å². The molecule has 0 aliphatic heterocycles. The minimum absolute atomic E-state index is 0.158. The highest BCUT2D eigenvalue weighted by atomic mass is 19.1. The number of pyridine rings is 1. The van der Waals surface area contributed by atoms with Crippen LogP contribution in [0.1, 0.15) is 21.5 Å². The minimum Gasteiger partial charge on any atom is -0.481 e. The Balaban J connectivity index is 1.99. The molecule has 0 bridgehead atoms. The quantitative estimate of drug-likeness (QED) is 0.847. The summed E-state index contributed by atoms with van der Waals surface area (Å²) in [5.41, 5.74) is 6.60. The average Bonchev–Trinajstić information content (AvgIpc) is 2.49. The summed E-state index contributed by atoms with van der Waals surface area (Å²) in [6.45, 7) is 0.816. The lowest BCUT2D eigenvalue weighted by molar-refractivity contribution is 0.1000. The van der Waals surface area contributed by atoms with Crippen molar-refractivity contribution in [2.45, 2.75) is 13.1 Å². The molecule has 3 N–H and O–H groups in total. The molecule has 1 amide bonds. The Morgan fingerprint density at radius 3 is 2.76 bits per heavy atom. The Bertz CT molecular complexity index is 647. The second-order valence-electron chi connectivity index (χ2n) is 4.45. The van der Waals surface area contributed by atoms with E-state index in [-0.39, 0.29) is 5.56 Å². The molecule has 1 aromatic heterocycles. The highest BCUT2D eigenvalue weighted by Crippen LogP contribution is 2.14. The molecule has 1 heterocycles. The lowest BCUT2D eigenvalue weighted by Crippen LogP contribution is -2.16. The van der Waals surface area contributed by atoms with Gasteiger partial charge in [-0.1, -0.05) is 12.1 Å². The van der Waals surface area contributed by atoms with Gasteiger partial charge in [0.1, 0.15) is 5.82 Å². The number of hydrogen-bond acceptors (Lipinski definition) is 4. The van der Waals surface area contributed by atoms with Crippen molar-refractivity contribution in [3.8, 4) is 5.88 Å². The molecule has 2 rings (SSSR count). The van der Waals surface area contributed by atoms with Crippen LogP contribution in [0.4, 0.5) is 4.39 Å². The summed E-state index contributed by atoms with van der Waals surface area (Å²) in [7, 11) is 1.55. The van der Waals surface area contributed by atoms with E-state index < -0.39 is 11.7 Å². The van der Waals surface area contributed by atoms with Crippen LogP contribution in [-0.2, 0) is 13.1 Å². The van der Waals surface area contributed by atoms with Gasteiger partial charge < -0.3 is 15.8 Å².